The molecule has 0 unspecified atom stereocenters. The molecule has 0 aromatic heterocycles. The van der Waals surface area contributed by atoms with Gasteiger partial charge in [-0.2, -0.15) is 0 Å². The largest absolute Gasteiger partial charge is 0.0864 e. The van der Waals surface area contributed by atoms with Crippen molar-refractivity contribution < 1.29 is 0 Å². The standard InChI is InChI=1S/C5H10I/c1-2-3-4-5-6/h2H,3-5H2,1H3. The number of alkyl halides is 1. The quantitative estimate of drug-likeness (QED) is 0.370. The SMILES string of the molecule is C[CH]CCCI. The molecule has 0 saturated heterocycles. The molecule has 37 valence electrons. The van der Waals surface area contributed by atoms with Crippen LogP contribution in [0.2, 0.25) is 0 Å². The fourth-order valence-electron chi connectivity index (χ4n) is 0.281. The van der Waals surface area contributed by atoms with Crippen molar-refractivity contribution in [2.45, 2.75) is 19.8 Å². The van der Waals surface area contributed by atoms with Gasteiger partial charge in [0, 0.05) is 0 Å². The summed E-state index contributed by atoms with van der Waals surface area (Å²) < 4.78 is 1.29. The fraction of sp³-hybridized carbons (Fsp3) is 0.800. The van der Waals surface area contributed by atoms with Gasteiger partial charge < -0.3 is 0 Å². The van der Waals surface area contributed by atoms with E-state index in [0.29, 0.717) is 0 Å². The molecule has 0 amide bonds. The summed E-state index contributed by atoms with van der Waals surface area (Å²) in [5, 5.41) is 0. The molecular weight excluding hydrogens is 187 g/mol. The first-order chi connectivity index (χ1) is 2.91. The summed E-state index contributed by atoms with van der Waals surface area (Å²) in [6.45, 7) is 2.10. The second kappa shape index (κ2) is 5.73. The van der Waals surface area contributed by atoms with Crippen LogP contribution in [-0.4, -0.2) is 4.43 Å². The maximum Gasteiger partial charge on any atom is -0.000463 e. The van der Waals surface area contributed by atoms with Crippen LogP contribution < -0.4 is 0 Å². The van der Waals surface area contributed by atoms with Crippen LogP contribution in [0.15, 0.2) is 0 Å². The molecule has 0 atom stereocenters. The van der Waals surface area contributed by atoms with E-state index in [-0.39, 0.29) is 0 Å². The molecule has 0 aliphatic carbocycles. The van der Waals surface area contributed by atoms with Gasteiger partial charge in [0.2, 0.25) is 0 Å². The molecule has 0 heterocycles. The van der Waals surface area contributed by atoms with Crippen LogP contribution in [0.3, 0.4) is 0 Å². The number of halogens is 1. The molecule has 0 bridgehead atoms. The van der Waals surface area contributed by atoms with Crippen molar-refractivity contribution >= 4 is 22.6 Å². The number of unbranched alkanes of at least 4 members (excludes halogenated alkanes) is 2. The third kappa shape index (κ3) is 4.73. The van der Waals surface area contributed by atoms with Gasteiger partial charge in [-0.25, -0.2) is 0 Å². The highest BCUT2D eigenvalue weighted by Gasteiger charge is 1.76. The Morgan fingerprint density at radius 2 is 2.33 bits per heavy atom. The van der Waals surface area contributed by atoms with Crippen molar-refractivity contribution in [2.24, 2.45) is 0 Å². The first-order valence-electron chi connectivity index (χ1n) is 2.25. The molecule has 0 rings (SSSR count). The average molecular weight is 197 g/mol. The van der Waals surface area contributed by atoms with Gasteiger partial charge in [0.05, 0.1) is 0 Å². The smallest absolute Gasteiger partial charge is 0.000463 e. The summed E-state index contributed by atoms with van der Waals surface area (Å²) in [7, 11) is 0. The summed E-state index contributed by atoms with van der Waals surface area (Å²) in [5.41, 5.74) is 0. The van der Waals surface area contributed by atoms with E-state index < -0.39 is 0 Å². The molecule has 0 aliphatic rings. The highest BCUT2D eigenvalue weighted by molar-refractivity contribution is 14.1. The average Bonchev–Trinajstić information content (AvgIpc) is 1.61. The molecule has 0 nitrogen and oxygen atoms in total. The Bertz CT molecular complexity index is 15.9. The molecule has 0 aromatic rings. The lowest BCUT2D eigenvalue weighted by Gasteiger charge is -1.84. The van der Waals surface area contributed by atoms with Crippen LogP contribution >= 0.6 is 22.6 Å². The van der Waals surface area contributed by atoms with Crippen LogP contribution in [0.5, 0.6) is 0 Å². The fourth-order valence-corrected chi connectivity index (χ4v) is 0.722. The zero-order valence-electron chi connectivity index (χ0n) is 4.08. The van der Waals surface area contributed by atoms with Crippen molar-refractivity contribution in [2.75, 3.05) is 4.43 Å². The number of rotatable bonds is 3. The summed E-state index contributed by atoms with van der Waals surface area (Å²) in [5.74, 6) is 0. The van der Waals surface area contributed by atoms with E-state index in [1.807, 2.05) is 0 Å². The van der Waals surface area contributed by atoms with Gasteiger partial charge >= 0.3 is 0 Å². The second-order valence-electron chi connectivity index (χ2n) is 1.24. The van der Waals surface area contributed by atoms with Gasteiger partial charge in [-0.15, -0.1) is 0 Å². The first-order valence-corrected chi connectivity index (χ1v) is 3.78. The van der Waals surface area contributed by atoms with E-state index >= 15 is 0 Å². The molecule has 0 saturated carbocycles. The molecule has 0 aromatic carbocycles. The van der Waals surface area contributed by atoms with Gasteiger partial charge in [-0.3, -0.25) is 0 Å². The molecular formula is C5H10I. The Kier molecular flexibility index (Phi) is 6.43. The Morgan fingerprint density at radius 1 is 1.67 bits per heavy atom. The topological polar surface area (TPSA) is 0 Å². The normalized spacial score (nSPS) is 9.00. The molecule has 1 radical (unpaired) electrons. The Morgan fingerprint density at radius 3 is 2.50 bits per heavy atom. The van der Waals surface area contributed by atoms with Crippen LogP contribution in [-0.2, 0) is 0 Å². The van der Waals surface area contributed by atoms with Crippen molar-refractivity contribution in [3.05, 3.63) is 6.42 Å². The predicted molar refractivity (Wildman–Crippen MR) is 38.1 cm³/mol. The summed E-state index contributed by atoms with van der Waals surface area (Å²) in [4.78, 5) is 0. The van der Waals surface area contributed by atoms with Gasteiger partial charge in [0.25, 0.3) is 0 Å². The van der Waals surface area contributed by atoms with E-state index in [0.717, 1.165) is 0 Å². The lowest BCUT2D eigenvalue weighted by Crippen LogP contribution is -1.71. The van der Waals surface area contributed by atoms with Gasteiger partial charge in [0.1, 0.15) is 0 Å². The molecule has 1 heteroatoms. The van der Waals surface area contributed by atoms with E-state index in [1.165, 1.54) is 17.3 Å². The molecule has 0 fully saturated rings. The maximum atomic E-state index is 2.39. The predicted octanol–water partition coefficient (Wildman–Crippen LogP) is 2.43. The van der Waals surface area contributed by atoms with Crippen LogP contribution in [0.4, 0.5) is 0 Å². The van der Waals surface area contributed by atoms with Crippen molar-refractivity contribution in [3.8, 4) is 0 Å². The van der Waals surface area contributed by atoms with Crippen LogP contribution in [0.25, 0.3) is 0 Å². The zero-order chi connectivity index (χ0) is 4.83. The minimum atomic E-state index is 1.28. The second-order valence-corrected chi connectivity index (χ2v) is 2.32. The highest BCUT2D eigenvalue weighted by atomic mass is 127. The number of hydrogen-bond acceptors (Lipinski definition) is 0. The lowest BCUT2D eigenvalue weighted by molar-refractivity contribution is 0.923. The van der Waals surface area contributed by atoms with E-state index in [4.69, 9.17) is 0 Å². The Balaban J connectivity index is 2.34. The van der Waals surface area contributed by atoms with Gasteiger partial charge in [-0.1, -0.05) is 29.5 Å². The van der Waals surface area contributed by atoms with Crippen LogP contribution in [0.1, 0.15) is 19.8 Å². The highest BCUT2D eigenvalue weighted by Crippen LogP contribution is 1.95. The maximum absolute atomic E-state index is 2.39. The van der Waals surface area contributed by atoms with E-state index in [1.54, 1.807) is 0 Å². The Hall–Kier alpha value is 0.730. The molecule has 0 spiro atoms. The van der Waals surface area contributed by atoms with Crippen molar-refractivity contribution in [3.63, 3.8) is 0 Å². The Labute approximate surface area is 53.5 Å². The zero-order valence-corrected chi connectivity index (χ0v) is 6.23. The van der Waals surface area contributed by atoms with Crippen molar-refractivity contribution in [1.82, 2.24) is 0 Å². The van der Waals surface area contributed by atoms with Crippen LogP contribution in [0, 0.1) is 6.42 Å². The monoisotopic (exact) mass is 197 g/mol. The summed E-state index contributed by atoms with van der Waals surface area (Å²) in [6.07, 6.45) is 4.83. The van der Waals surface area contributed by atoms with Crippen molar-refractivity contribution in [1.29, 1.82) is 0 Å². The first kappa shape index (κ1) is 6.73. The summed E-state index contributed by atoms with van der Waals surface area (Å²) in [6, 6.07) is 0. The summed E-state index contributed by atoms with van der Waals surface area (Å²) >= 11 is 2.39. The van der Waals surface area contributed by atoms with E-state index in [9.17, 15) is 0 Å². The lowest BCUT2D eigenvalue weighted by atomic mass is 10.3. The van der Waals surface area contributed by atoms with Gasteiger partial charge in [0.15, 0.2) is 0 Å². The molecule has 0 aliphatic heterocycles. The molecule has 6 heavy (non-hydrogen) atoms. The minimum absolute atomic E-state index is 1.28. The van der Waals surface area contributed by atoms with Gasteiger partial charge in [-0.05, 0) is 23.7 Å². The minimum Gasteiger partial charge on any atom is -0.0864 e. The third-order valence-electron chi connectivity index (χ3n) is 0.626. The molecule has 0 N–H and O–H groups in total. The number of hydrogen-bond donors (Lipinski definition) is 0. The van der Waals surface area contributed by atoms with E-state index in [2.05, 4.69) is 35.9 Å². The third-order valence-corrected chi connectivity index (χ3v) is 1.39.